The summed E-state index contributed by atoms with van der Waals surface area (Å²) in [7, 11) is 6.62. The molecule has 1 unspecified atom stereocenters. The van der Waals surface area contributed by atoms with Crippen LogP contribution in [0.5, 0.6) is 23.0 Å². The first-order chi connectivity index (χ1) is 11.6. The van der Waals surface area contributed by atoms with Gasteiger partial charge in [-0.15, -0.1) is 0 Å². The number of para-hydroxylation sites is 1. The maximum Gasteiger partial charge on any atom is 0.164 e. The average molecular weight is 330 g/mol. The van der Waals surface area contributed by atoms with E-state index in [1.165, 1.54) is 0 Å². The van der Waals surface area contributed by atoms with Crippen molar-refractivity contribution in [2.45, 2.75) is 19.8 Å². The van der Waals surface area contributed by atoms with Crippen LogP contribution in [-0.2, 0) is 0 Å². The zero-order valence-electron chi connectivity index (χ0n) is 15.3. The Morgan fingerprint density at radius 1 is 0.708 bits per heavy atom. The second-order valence-electron chi connectivity index (χ2n) is 5.92. The van der Waals surface area contributed by atoms with Crippen LogP contribution in [0.4, 0.5) is 0 Å². The third-order valence-corrected chi connectivity index (χ3v) is 4.20. The van der Waals surface area contributed by atoms with Gasteiger partial charge in [0, 0.05) is 11.5 Å². The number of methoxy groups -OCH3 is 4. The molecule has 0 heterocycles. The molecule has 1 atom stereocenters. The lowest BCUT2D eigenvalue weighted by Crippen LogP contribution is -2.11. The van der Waals surface area contributed by atoms with E-state index in [0.717, 1.165) is 34.1 Å². The van der Waals surface area contributed by atoms with Crippen molar-refractivity contribution in [3.05, 3.63) is 47.5 Å². The maximum atomic E-state index is 5.64. The molecule has 0 fully saturated rings. The summed E-state index contributed by atoms with van der Waals surface area (Å²) in [4.78, 5) is 0. The molecule has 4 heteroatoms. The second kappa shape index (κ2) is 7.95. The molecule has 2 rings (SSSR count). The summed E-state index contributed by atoms with van der Waals surface area (Å²) >= 11 is 0. The van der Waals surface area contributed by atoms with Gasteiger partial charge < -0.3 is 18.9 Å². The van der Waals surface area contributed by atoms with Gasteiger partial charge in [0.15, 0.2) is 23.0 Å². The first-order valence-electron chi connectivity index (χ1n) is 8.00. The fourth-order valence-electron chi connectivity index (χ4n) is 3.13. The minimum absolute atomic E-state index is 0.148. The van der Waals surface area contributed by atoms with Crippen molar-refractivity contribution in [2.75, 3.05) is 28.4 Å². The van der Waals surface area contributed by atoms with Crippen molar-refractivity contribution >= 4 is 0 Å². The Labute approximate surface area is 144 Å². The van der Waals surface area contributed by atoms with Gasteiger partial charge in [-0.3, -0.25) is 0 Å². The van der Waals surface area contributed by atoms with E-state index in [-0.39, 0.29) is 5.92 Å². The molecule has 2 aromatic rings. The molecule has 0 spiro atoms. The fraction of sp³-hybridized carbons (Fsp3) is 0.400. The summed E-state index contributed by atoms with van der Waals surface area (Å²) in [5.74, 6) is 3.47. The molecule has 0 saturated carbocycles. The quantitative estimate of drug-likeness (QED) is 0.748. The zero-order chi connectivity index (χ0) is 17.7. The van der Waals surface area contributed by atoms with Crippen LogP contribution < -0.4 is 18.9 Å². The largest absolute Gasteiger partial charge is 0.493 e. The Kier molecular flexibility index (Phi) is 5.96. The fourth-order valence-corrected chi connectivity index (χ4v) is 3.13. The van der Waals surface area contributed by atoms with Gasteiger partial charge in [-0.05, 0) is 29.7 Å². The van der Waals surface area contributed by atoms with Gasteiger partial charge >= 0.3 is 0 Å². The van der Waals surface area contributed by atoms with E-state index in [9.17, 15) is 0 Å². The topological polar surface area (TPSA) is 36.9 Å². The molecule has 0 aliphatic rings. The van der Waals surface area contributed by atoms with Crippen LogP contribution >= 0.6 is 0 Å². The monoisotopic (exact) mass is 330 g/mol. The van der Waals surface area contributed by atoms with Crippen LogP contribution in [0, 0.1) is 5.92 Å². The van der Waals surface area contributed by atoms with Crippen LogP contribution in [0.1, 0.15) is 30.9 Å². The molecule has 0 N–H and O–H groups in total. The van der Waals surface area contributed by atoms with Crippen molar-refractivity contribution in [2.24, 2.45) is 5.92 Å². The molecule has 2 aromatic carbocycles. The van der Waals surface area contributed by atoms with Crippen LogP contribution in [0.25, 0.3) is 0 Å². The highest BCUT2D eigenvalue weighted by molar-refractivity contribution is 5.53. The predicted octanol–water partition coefficient (Wildman–Crippen LogP) is 4.51. The number of ether oxygens (including phenoxy) is 4. The maximum absolute atomic E-state index is 5.64. The SMILES string of the molecule is COc1ccc(C(c2cccc(OC)c2OC)C(C)C)cc1OC. The molecular weight excluding hydrogens is 304 g/mol. The van der Waals surface area contributed by atoms with E-state index in [4.69, 9.17) is 18.9 Å². The van der Waals surface area contributed by atoms with Gasteiger partial charge in [0.25, 0.3) is 0 Å². The van der Waals surface area contributed by atoms with Gasteiger partial charge in [0.2, 0.25) is 0 Å². The van der Waals surface area contributed by atoms with E-state index in [0.29, 0.717) is 5.92 Å². The van der Waals surface area contributed by atoms with Gasteiger partial charge in [-0.2, -0.15) is 0 Å². The molecule has 0 amide bonds. The van der Waals surface area contributed by atoms with Gasteiger partial charge in [-0.25, -0.2) is 0 Å². The Morgan fingerprint density at radius 2 is 1.38 bits per heavy atom. The summed E-state index contributed by atoms with van der Waals surface area (Å²) in [6, 6.07) is 12.0. The lowest BCUT2D eigenvalue weighted by atomic mass is 9.82. The van der Waals surface area contributed by atoms with Crippen molar-refractivity contribution < 1.29 is 18.9 Å². The van der Waals surface area contributed by atoms with E-state index in [1.807, 2.05) is 24.3 Å². The van der Waals surface area contributed by atoms with Crippen molar-refractivity contribution in [1.29, 1.82) is 0 Å². The third-order valence-electron chi connectivity index (χ3n) is 4.20. The van der Waals surface area contributed by atoms with E-state index < -0.39 is 0 Å². The smallest absolute Gasteiger partial charge is 0.164 e. The molecule has 24 heavy (non-hydrogen) atoms. The minimum Gasteiger partial charge on any atom is -0.493 e. The Morgan fingerprint density at radius 3 is 1.92 bits per heavy atom. The lowest BCUT2D eigenvalue weighted by molar-refractivity contribution is 0.346. The highest BCUT2D eigenvalue weighted by Crippen LogP contribution is 2.43. The summed E-state index contributed by atoms with van der Waals surface area (Å²) in [6.45, 7) is 4.39. The Bertz CT molecular complexity index is 679. The second-order valence-corrected chi connectivity index (χ2v) is 5.92. The Balaban J connectivity index is 2.59. The molecule has 0 radical (unpaired) electrons. The molecule has 0 aliphatic heterocycles. The molecule has 0 saturated heterocycles. The van der Waals surface area contributed by atoms with E-state index in [2.05, 4.69) is 26.0 Å². The number of hydrogen-bond acceptors (Lipinski definition) is 4. The highest BCUT2D eigenvalue weighted by Gasteiger charge is 2.24. The first-order valence-corrected chi connectivity index (χ1v) is 8.00. The molecule has 0 aliphatic carbocycles. The first kappa shape index (κ1) is 18.0. The molecule has 4 nitrogen and oxygen atoms in total. The molecular formula is C20H26O4. The minimum atomic E-state index is 0.148. The predicted molar refractivity (Wildman–Crippen MR) is 95.8 cm³/mol. The van der Waals surface area contributed by atoms with E-state index in [1.54, 1.807) is 28.4 Å². The van der Waals surface area contributed by atoms with E-state index >= 15 is 0 Å². The number of hydrogen-bond donors (Lipinski definition) is 0. The average Bonchev–Trinajstić information content (AvgIpc) is 2.61. The summed E-state index contributed by atoms with van der Waals surface area (Å²) in [6.07, 6.45) is 0. The highest BCUT2D eigenvalue weighted by atomic mass is 16.5. The zero-order valence-corrected chi connectivity index (χ0v) is 15.3. The van der Waals surface area contributed by atoms with Crippen molar-refractivity contribution in [1.82, 2.24) is 0 Å². The van der Waals surface area contributed by atoms with Gasteiger partial charge in [0.05, 0.1) is 28.4 Å². The Hall–Kier alpha value is -2.36. The van der Waals surface area contributed by atoms with Gasteiger partial charge in [-0.1, -0.05) is 32.0 Å². The lowest BCUT2D eigenvalue weighted by Gasteiger charge is -2.25. The number of rotatable bonds is 7. The normalized spacial score (nSPS) is 12.0. The summed E-state index contributed by atoms with van der Waals surface area (Å²) < 4.78 is 21.9. The molecule has 0 aromatic heterocycles. The molecule has 0 bridgehead atoms. The third kappa shape index (κ3) is 3.42. The summed E-state index contributed by atoms with van der Waals surface area (Å²) in [5, 5.41) is 0. The van der Waals surface area contributed by atoms with Crippen molar-refractivity contribution in [3.63, 3.8) is 0 Å². The van der Waals surface area contributed by atoms with Gasteiger partial charge in [0.1, 0.15) is 0 Å². The van der Waals surface area contributed by atoms with Crippen LogP contribution in [-0.4, -0.2) is 28.4 Å². The number of benzene rings is 2. The standard InChI is InChI=1S/C20H26O4/c1-13(2)19(14-10-11-16(21-3)18(12-14)23-5)15-8-7-9-17(22-4)20(15)24-6/h7-13,19H,1-6H3. The summed E-state index contributed by atoms with van der Waals surface area (Å²) in [5.41, 5.74) is 2.24. The molecule has 130 valence electrons. The van der Waals surface area contributed by atoms with Crippen LogP contribution in [0.15, 0.2) is 36.4 Å². The van der Waals surface area contributed by atoms with Crippen LogP contribution in [0.3, 0.4) is 0 Å². The van der Waals surface area contributed by atoms with Crippen LogP contribution in [0.2, 0.25) is 0 Å². The van der Waals surface area contributed by atoms with Crippen molar-refractivity contribution in [3.8, 4) is 23.0 Å².